The number of rotatable bonds is 7. The van der Waals surface area contributed by atoms with Crippen molar-refractivity contribution >= 4 is 23.6 Å². The number of halogens is 1. The van der Waals surface area contributed by atoms with Crippen LogP contribution in [0.2, 0.25) is 5.02 Å². The van der Waals surface area contributed by atoms with Crippen LogP contribution in [0.4, 0.5) is 0 Å². The standard InChI is InChI=1S/C19H16ClNO4/c1-23-18-12-14(6-8-17(18)24-11-10-21)7-9-19(22)25-13-15-4-2-3-5-16(15)20/h2-9,12H,11,13H2,1H3/b9-7+. The zero-order valence-electron chi connectivity index (χ0n) is 13.6. The summed E-state index contributed by atoms with van der Waals surface area (Å²) in [6.07, 6.45) is 2.92. The molecule has 0 heterocycles. The number of carbonyl (C=O) groups excluding carboxylic acids is 1. The first-order chi connectivity index (χ1) is 12.1. The van der Waals surface area contributed by atoms with E-state index in [0.717, 1.165) is 11.1 Å². The van der Waals surface area contributed by atoms with Crippen molar-refractivity contribution in [3.63, 3.8) is 0 Å². The van der Waals surface area contributed by atoms with E-state index in [2.05, 4.69) is 0 Å². The first-order valence-corrected chi connectivity index (χ1v) is 7.78. The summed E-state index contributed by atoms with van der Waals surface area (Å²) < 4.78 is 15.6. The molecule has 0 atom stereocenters. The third-order valence-corrected chi connectivity index (χ3v) is 3.59. The van der Waals surface area contributed by atoms with Crippen LogP contribution < -0.4 is 9.47 Å². The number of nitriles is 1. The van der Waals surface area contributed by atoms with Crippen molar-refractivity contribution in [3.05, 3.63) is 64.7 Å². The smallest absolute Gasteiger partial charge is 0.331 e. The highest BCUT2D eigenvalue weighted by atomic mass is 35.5. The number of ether oxygens (including phenoxy) is 3. The molecule has 0 saturated heterocycles. The average Bonchev–Trinajstić information content (AvgIpc) is 2.64. The number of hydrogen-bond acceptors (Lipinski definition) is 5. The fourth-order valence-electron chi connectivity index (χ4n) is 1.99. The summed E-state index contributed by atoms with van der Waals surface area (Å²) in [6, 6.07) is 14.2. The van der Waals surface area contributed by atoms with Gasteiger partial charge in [-0.3, -0.25) is 0 Å². The van der Waals surface area contributed by atoms with Crippen molar-refractivity contribution in [1.82, 2.24) is 0 Å². The maximum atomic E-state index is 11.8. The zero-order chi connectivity index (χ0) is 18.1. The van der Waals surface area contributed by atoms with E-state index in [1.165, 1.54) is 13.2 Å². The van der Waals surface area contributed by atoms with Gasteiger partial charge in [-0.1, -0.05) is 35.9 Å². The molecule has 2 aromatic rings. The molecule has 25 heavy (non-hydrogen) atoms. The van der Waals surface area contributed by atoms with Gasteiger partial charge in [0.05, 0.1) is 7.11 Å². The normalized spacial score (nSPS) is 10.3. The molecular formula is C19H16ClNO4. The minimum Gasteiger partial charge on any atom is -0.493 e. The molecule has 0 spiro atoms. The van der Waals surface area contributed by atoms with E-state index < -0.39 is 5.97 Å². The molecule has 0 aliphatic heterocycles. The largest absolute Gasteiger partial charge is 0.493 e. The van der Waals surface area contributed by atoms with E-state index in [-0.39, 0.29) is 13.2 Å². The SMILES string of the molecule is COc1cc(/C=C/C(=O)OCc2ccccc2Cl)ccc1OCC#N. The Bertz CT molecular complexity index is 811. The van der Waals surface area contributed by atoms with Crippen molar-refractivity contribution in [3.8, 4) is 17.6 Å². The number of esters is 1. The van der Waals surface area contributed by atoms with Gasteiger partial charge >= 0.3 is 5.97 Å². The molecule has 6 heteroatoms. The predicted molar refractivity (Wildman–Crippen MR) is 94.4 cm³/mol. The van der Waals surface area contributed by atoms with E-state index in [1.54, 1.807) is 36.4 Å². The van der Waals surface area contributed by atoms with Gasteiger partial charge < -0.3 is 14.2 Å². The Morgan fingerprint density at radius 2 is 2.04 bits per heavy atom. The van der Waals surface area contributed by atoms with Crippen LogP contribution in [0, 0.1) is 11.3 Å². The van der Waals surface area contributed by atoms with Gasteiger partial charge in [0, 0.05) is 16.7 Å². The number of benzene rings is 2. The Hall–Kier alpha value is -2.97. The fourth-order valence-corrected chi connectivity index (χ4v) is 2.18. The van der Waals surface area contributed by atoms with Gasteiger partial charge in [0.15, 0.2) is 18.1 Å². The lowest BCUT2D eigenvalue weighted by molar-refractivity contribution is -0.138. The van der Waals surface area contributed by atoms with Crippen LogP contribution >= 0.6 is 11.6 Å². The Morgan fingerprint density at radius 1 is 1.24 bits per heavy atom. The molecule has 0 bridgehead atoms. The number of hydrogen-bond donors (Lipinski definition) is 0. The fraction of sp³-hybridized carbons (Fsp3) is 0.158. The maximum Gasteiger partial charge on any atom is 0.331 e. The molecule has 5 nitrogen and oxygen atoms in total. The highest BCUT2D eigenvalue weighted by Gasteiger charge is 2.06. The van der Waals surface area contributed by atoms with Crippen LogP contribution in [0.25, 0.3) is 6.08 Å². The second-order valence-electron chi connectivity index (χ2n) is 4.89. The lowest BCUT2D eigenvalue weighted by Crippen LogP contribution is -2.01. The Balaban J connectivity index is 1.97. The monoisotopic (exact) mass is 357 g/mol. The summed E-state index contributed by atoms with van der Waals surface area (Å²) >= 11 is 6.01. The Morgan fingerprint density at radius 3 is 2.76 bits per heavy atom. The molecule has 2 rings (SSSR count). The van der Waals surface area contributed by atoms with Crippen molar-refractivity contribution in [1.29, 1.82) is 5.26 Å². The molecule has 0 radical (unpaired) electrons. The molecule has 0 N–H and O–H groups in total. The van der Waals surface area contributed by atoms with Crippen LogP contribution in [0.1, 0.15) is 11.1 Å². The summed E-state index contributed by atoms with van der Waals surface area (Å²) in [4.78, 5) is 11.8. The van der Waals surface area contributed by atoms with Gasteiger partial charge in [-0.25, -0.2) is 4.79 Å². The molecule has 0 amide bonds. The molecule has 0 saturated carbocycles. The third-order valence-electron chi connectivity index (χ3n) is 3.22. The Kier molecular flexibility index (Phi) is 6.87. The molecule has 2 aromatic carbocycles. The number of carbonyl (C=O) groups is 1. The van der Waals surface area contributed by atoms with Crippen molar-refractivity contribution < 1.29 is 19.0 Å². The summed E-state index contributed by atoms with van der Waals surface area (Å²) in [7, 11) is 1.50. The molecule has 128 valence electrons. The summed E-state index contributed by atoms with van der Waals surface area (Å²) in [5.41, 5.74) is 1.47. The minimum atomic E-state index is -0.483. The van der Waals surface area contributed by atoms with Crippen molar-refractivity contribution in [2.24, 2.45) is 0 Å². The molecule has 0 aromatic heterocycles. The number of methoxy groups -OCH3 is 1. The first-order valence-electron chi connectivity index (χ1n) is 7.40. The third kappa shape index (κ3) is 5.55. The molecule has 0 aliphatic carbocycles. The molecule has 0 unspecified atom stereocenters. The minimum absolute atomic E-state index is 0.0695. The van der Waals surface area contributed by atoms with Gasteiger partial charge in [-0.2, -0.15) is 5.26 Å². The number of nitrogens with zero attached hydrogens (tertiary/aromatic N) is 1. The molecule has 0 fully saturated rings. The zero-order valence-corrected chi connectivity index (χ0v) is 14.3. The maximum absolute atomic E-state index is 11.8. The lowest BCUT2D eigenvalue weighted by Gasteiger charge is -2.08. The van der Waals surface area contributed by atoms with Gasteiger partial charge in [-0.15, -0.1) is 0 Å². The van der Waals surface area contributed by atoms with E-state index in [1.807, 2.05) is 18.2 Å². The van der Waals surface area contributed by atoms with E-state index in [4.69, 9.17) is 31.1 Å². The van der Waals surface area contributed by atoms with Crippen LogP contribution in [0.5, 0.6) is 11.5 Å². The lowest BCUT2D eigenvalue weighted by atomic mass is 10.2. The second kappa shape index (κ2) is 9.36. The first kappa shape index (κ1) is 18.4. The summed E-state index contributed by atoms with van der Waals surface area (Å²) in [5, 5.41) is 9.11. The predicted octanol–water partition coefficient (Wildman–Crippen LogP) is 4.01. The highest BCUT2D eigenvalue weighted by Crippen LogP contribution is 2.28. The van der Waals surface area contributed by atoms with Gasteiger partial charge in [-0.05, 0) is 29.8 Å². The molecular weight excluding hydrogens is 342 g/mol. The second-order valence-corrected chi connectivity index (χ2v) is 5.30. The van der Waals surface area contributed by atoms with Gasteiger partial charge in [0.25, 0.3) is 0 Å². The van der Waals surface area contributed by atoms with Crippen LogP contribution in [-0.4, -0.2) is 19.7 Å². The van der Waals surface area contributed by atoms with Crippen molar-refractivity contribution in [2.45, 2.75) is 6.61 Å². The quantitative estimate of drug-likeness (QED) is 0.553. The topological polar surface area (TPSA) is 68.6 Å². The van der Waals surface area contributed by atoms with E-state index in [0.29, 0.717) is 16.5 Å². The van der Waals surface area contributed by atoms with Crippen LogP contribution in [0.3, 0.4) is 0 Å². The van der Waals surface area contributed by atoms with Crippen molar-refractivity contribution in [2.75, 3.05) is 13.7 Å². The van der Waals surface area contributed by atoms with Gasteiger partial charge in [0.2, 0.25) is 0 Å². The van der Waals surface area contributed by atoms with E-state index in [9.17, 15) is 4.79 Å². The molecule has 0 aliphatic rings. The Labute approximate surface area is 151 Å². The highest BCUT2D eigenvalue weighted by molar-refractivity contribution is 6.31. The van der Waals surface area contributed by atoms with E-state index >= 15 is 0 Å². The van der Waals surface area contributed by atoms with Gasteiger partial charge in [0.1, 0.15) is 12.7 Å². The average molecular weight is 358 g/mol. The summed E-state index contributed by atoms with van der Waals surface area (Å²) in [5.74, 6) is 0.452. The van der Waals surface area contributed by atoms with Crippen LogP contribution in [-0.2, 0) is 16.1 Å². The summed E-state index contributed by atoms with van der Waals surface area (Å²) in [6.45, 7) is 0.0347. The van der Waals surface area contributed by atoms with Crippen LogP contribution in [0.15, 0.2) is 48.5 Å².